The van der Waals surface area contributed by atoms with Crippen molar-refractivity contribution in [3.05, 3.63) is 53.6 Å². The fraction of sp³-hybridized carbons (Fsp3) is 0.308. The van der Waals surface area contributed by atoms with Crippen LogP contribution < -0.4 is 4.57 Å². The maximum atomic E-state index is 2.26. The van der Waals surface area contributed by atoms with Gasteiger partial charge in [-0.05, 0) is 12.5 Å². The van der Waals surface area contributed by atoms with Gasteiger partial charge in [-0.15, -0.1) is 0 Å². The molecule has 0 atom stereocenters. The largest absolute Gasteiger partial charge is 0.870 e. The highest BCUT2D eigenvalue weighted by molar-refractivity contribution is 5.22. The topological polar surface area (TPSA) is 70.3 Å². The van der Waals surface area contributed by atoms with Crippen LogP contribution in [0.15, 0.2) is 36.7 Å². The summed E-state index contributed by atoms with van der Waals surface area (Å²) in [5.41, 5.74) is 2.68. The number of benzene rings is 1. The Morgan fingerprint density at radius 1 is 1.24 bits per heavy atom. The van der Waals surface area contributed by atoms with Gasteiger partial charge in [0.15, 0.2) is 0 Å². The molecule has 0 amide bonds. The van der Waals surface area contributed by atoms with Gasteiger partial charge in [0, 0.05) is 6.92 Å². The summed E-state index contributed by atoms with van der Waals surface area (Å²) in [6.45, 7) is 5.22. The van der Waals surface area contributed by atoms with Crippen molar-refractivity contribution in [1.29, 1.82) is 0 Å². The third-order valence-corrected chi connectivity index (χ3v) is 2.83. The van der Waals surface area contributed by atoms with E-state index in [-0.39, 0.29) is 11.0 Å². The van der Waals surface area contributed by atoms with E-state index in [0.29, 0.717) is 0 Å². The molecule has 2 rings (SSSR count). The Hall–Kier alpha value is -1.65. The first kappa shape index (κ1) is 15.3. The van der Waals surface area contributed by atoms with E-state index in [2.05, 4.69) is 66.7 Å². The Morgan fingerprint density at radius 3 is 2.47 bits per heavy atom. The van der Waals surface area contributed by atoms with Crippen molar-refractivity contribution in [2.45, 2.75) is 20.4 Å². The van der Waals surface area contributed by atoms with E-state index >= 15 is 0 Å². The van der Waals surface area contributed by atoms with Crippen LogP contribution in [0.25, 0.3) is 0 Å². The van der Waals surface area contributed by atoms with Gasteiger partial charge >= 0.3 is 0 Å². The van der Waals surface area contributed by atoms with Gasteiger partial charge in [-0.25, -0.2) is 9.13 Å². The molecule has 4 heteroatoms. The van der Waals surface area contributed by atoms with Crippen molar-refractivity contribution >= 4 is 0 Å². The second kappa shape index (κ2) is 6.18. The fourth-order valence-corrected chi connectivity index (χ4v) is 1.77. The molecule has 3 N–H and O–H groups in total. The van der Waals surface area contributed by atoms with Crippen LogP contribution in [0.2, 0.25) is 0 Å². The number of hydrogen-bond acceptors (Lipinski definition) is 1. The summed E-state index contributed by atoms with van der Waals surface area (Å²) >= 11 is 0. The number of aromatic nitrogens is 2. The predicted molar refractivity (Wildman–Crippen MR) is 66.2 cm³/mol. The number of rotatable bonds is 2. The highest BCUT2D eigenvalue weighted by Gasteiger charge is 2.08. The zero-order valence-electron chi connectivity index (χ0n) is 10.5. The molecule has 0 spiro atoms. The lowest BCUT2D eigenvalue weighted by molar-refractivity contribution is -0.677. The third kappa shape index (κ3) is 3.41. The molecule has 2 aromatic rings. The molecule has 1 aromatic heterocycles. The molecule has 1 aromatic carbocycles. The monoisotopic (exact) mass is 236 g/mol. The molecule has 4 nitrogen and oxygen atoms in total. The van der Waals surface area contributed by atoms with Gasteiger partial charge < -0.3 is 11.0 Å². The van der Waals surface area contributed by atoms with E-state index < -0.39 is 0 Å². The van der Waals surface area contributed by atoms with Crippen LogP contribution in [0.4, 0.5) is 0 Å². The lowest BCUT2D eigenvalue weighted by Gasteiger charge is -2.01. The average molecular weight is 236 g/mol. The Kier molecular flexibility index (Phi) is 5.58. The molecular formula is C13H20N2O2. The van der Waals surface area contributed by atoms with Crippen LogP contribution >= 0.6 is 0 Å². The van der Waals surface area contributed by atoms with Gasteiger partial charge in [0.2, 0.25) is 0 Å². The van der Waals surface area contributed by atoms with Crippen LogP contribution in [0.1, 0.15) is 17.0 Å². The molecule has 17 heavy (non-hydrogen) atoms. The number of imidazole rings is 1. The Balaban J connectivity index is 0.00000128. The van der Waals surface area contributed by atoms with E-state index in [1.807, 2.05) is 0 Å². The standard InChI is InChI=1S/C13H17N2.2H2O/c1-11-5-4-6-13(9-11)10-15-8-7-14(3)12(15)2;;/h4-9H,10H2,1-3H3;2*1H2/q+1;;/p-1. The number of hydrogen-bond donors (Lipinski definition) is 0. The minimum Gasteiger partial charge on any atom is -0.870 e. The molecule has 0 bridgehead atoms. The third-order valence-electron chi connectivity index (χ3n) is 2.83. The highest BCUT2D eigenvalue weighted by Crippen LogP contribution is 2.06. The van der Waals surface area contributed by atoms with Gasteiger partial charge in [-0.2, -0.15) is 0 Å². The van der Waals surface area contributed by atoms with Crippen molar-refractivity contribution in [2.24, 2.45) is 7.05 Å². The molecule has 0 aliphatic heterocycles. The summed E-state index contributed by atoms with van der Waals surface area (Å²) in [6.07, 6.45) is 4.21. The van der Waals surface area contributed by atoms with Crippen LogP contribution in [-0.4, -0.2) is 15.5 Å². The lowest BCUT2D eigenvalue weighted by atomic mass is 10.1. The Bertz CT molecular complexity index is 478. The van der Waals surface area contributed by atoms with Gasteiger partial charge in [0.05, 0.1) is 7.05 Å². The molecular weight excluding hydrogens is 216 g/mol. The van der Waals surface area contributed by atoms with Gasteiger partial charge in [-0.3, -0.25) is 0 Å². The van der Waals surface area contributed by atoms with Gasteiger partial charge in [0.25, 0.3) is 5.82 Å². The summed E-state index contributed by atoms with van der Waals surface area (Å²) in [7, 11) is 2.07. The summed E-state index contributed by atoms with van der Waals surface area (Å²) < 4.78 is 4.39. The van der Waals surface area contributed by atoms with E-state index in [1.165, 1.54) is 17.0 Å². The fourth-order valence-electron chi connectivity index (χ4n) is 1.77. The summed E-state index contributed by atoms with van der Waals surface area (Å²) in [6, 6.07) is 8.65. The van der Waals surface area contributed by atoms with Crippen molar-refractivity contribution in [3.8, 4) is 0 Å². The minimum atomic E-state index is 0. The van der Waals surface area contributed by atoms with Crippen molar-refractivity contribution in [3.63, 3.8) is 0 Å². The first-order valence-corrected chi connectivity index (χ1v) is 5.24. The zero-order valence-corrected chi connectivity index (χ0v) is 10.5. The smallest absolute Gasteiger partial charge is 0.253 e. The molecule has 0 saturated carbocycles. The SMILES string of the molecule is Cc1cccc(Cn2cc[n+](C)c2C)c1.O.[OH-]. The zero-order chi connectivity index (χ0) is 10.8. The number of aryl methyl sites for hydroxylation is 2. The first-order chi connectivity index (χ1) is 7.16. The van der Waals surface area contributed by atoms with Crippen molar-refractivity contribution in [2.75, 3.05) is 0 Å². The van der Waals surface area contributed by atoms with Crippen molar-refractivity contribution in [1.82, 2.24) is 4.57 Å². The minimum absolute atomic E-state index is 0. The quantitative estimate of drug-likeness (QED) is 0.716. The summed E-state index contributed by atoms with van der Waals surface area (Å²) in [5, 5.41) is 0. The Morgan fingerprint density at radius 2 is 1.94 bits per heavy atom. The molecule has 0 saturated heterocycles. The average Bonchev–Trinajstić information content (AvgIpc) is 2.50. The molecule has 0 aliphatic rings. The van der Waals surface area contributed by atoms with E-state index in [1.54, 1.807) is 0 Å². The van der Waals surface area contributed by atoms with E-state index in [0.717, 1.165) is 6.54 Å². The molecule has 94 valence electrons. The summed E-state index contributed by atoms with van der Waals surface area (Å²) in [5.74, 6) is 1.27. The van der Waals surface area contributed by atoms with E-state index in [4.69, 9.17) is 0 Å². The van der Waals surface area contributed by atoms with Crippen LogP contribution in [-0.2, 0) is 13.6 Å². The first-order valence-electron chi connectivity index (χ1n) is 5.24. The van der Waals surface area contributed by atoms with Crippen LogP contribution in [0.3, 0.4) is 0 Å². The van der Waals surface area contributed by atoms with Crippen molar-refractivity contribution < 1.29 is 15.5 Å². The Labute approximate surface area is 102 Å². The van der Waals surface area contributed by atoms with E-state index in [9.17, 15) is 0 Å². The van der Waals surface area contributed by atoms with Crippen LogP contribution in [0, 0.1) is 13.8 Å². The molecule has 0 radical (unpaired) electrons. The normalized spacial score (nSPS) is 9.35. The molecule has 1 heterocycles. The summed E-state index contributed by atoms with van der Waals surface area (Å²) in [4.78, 5) is 0. The maximum Gasteiger partial charge on any atom is 0.253 e. The highest BCUT2D eigenvalue weighted by atomic mass is 16.0. The second-order valence-corrected chi connectivity index (χ2v) is 4.07. The van der Waals surface area contributed by atoms with Gasteiger partial charge in [0.1, 0.15) is 18.9 Å². The second-order valence-electron chi connectivity index (χ2n) is 4.07. The van der Waals surface area contributed by atoms with Gasteiger partial charge in [-0.1, -0.05) is 29.8 Å². The molecule has 0 aliphatic carbocycles. The maximum absolute atomic E-state index is 2.26. The lowest BCUT2D eigenvalue weighted by Crippen LogP contribution is -2.29. The predicted octanol–water partition coefficient (Wildman–Crippen LogP) is 0.976. The number of nitrogens with zero attached hydrogens (tertiary/aromatic N) is 2. The molecule has 0 fully saturated rings. The van der Waals surface area contributed by atoms with Crippen LogP contribution in [0.5, 0.6) is 0 Å². The molecule has 0 unspecified atom stereocenters.